The van der Waals surface area contributed by atoms with Crippen molar-refractivity contribution < 1.29 is 9.90 Å². The number of piperidine rings is 1. The minimum atomic E-state index is -0.611. The second kappa shape index (κ2) is 8.29. The van der Waals surface area contributed by atoms with Gasteiger partial charge in [0, 0.05) is 32.7 Å². The Labute approximate surface area is 163 Å². The third kappa shape index (κ3) is 5.09. The normalized spacial score (nSPS) is 21.9. The molecule has 150 valence electrons. The highest BCUT2D eigenvalue weighted by Gasteiger charge is 2.45. The molecule has 2 fully saturated rings. The summed E-state index contributed by atoms with van der Waals surface area (Å²) in [6.45, 7) is 8.36. The number of aryl methyl sites for hydroxylation is 1. The van der Waals surface area contributed by atoms with Crippen LogP contribution in [0, 0.1) is 0 Å². The van der Waals surface area contributed by atoms with Gasteiger partial charge in [-0.25, -0.2) is 0 Å². The van der Waals surface area contributed by atoms with Crippen molar-refractivity contribution in [3.05, 3.63) is 35.4 Å². The van der Waals surface area contributed by atoms with Crippen molar-refractivity contribution in [2.24, 2.45) is 0 Å². The van der Waals surface area contributed by atoms with Crippen LogP contribution in [0.15, 0.2) is 24.3 Å². The van der Waals surface area contributed by atoms with Gasteiger partial charge in [-0.3, -0.25) is 14.6 Å². The molecule has 5 heteroatoms. The number of hydrogen-bond acceptors (Lipinski definition) is 4. The summed E-state index contributed by atoms with van der Waals surface area (Å²) >= 11 is 0. The van der Waals surface area contributed by atoms with E-state index in [2.05, 4.69) is 46.4 Å². The number of rotatable bonds is 5. The van der Waals surface area contributed by atoms with Crippen molar-refractivity contribution in [1.82, 2.24) is 15.1 Å². The molecule has 3 rings (SSSR count). The van der Waals surface area contributed by atoms with Crippen LogP contribution in [0.1, 0.15) is 50.7 Å². The number of carbonyl (C=O) groups is 1. The summed E-state index contributed by atoms with van der Waals surface area (Å²) in [6.07, 6.45) is 4.51. The number of benzene rings is 1. The molecule has 2 heterocycles. The Bertz CT molecular complexity index is 628. The van der Waals surface area contributed by atoms with Crippen LogP contribution < -0.4 is 5.32 Å². The Morgan fingerprint density at radius 2 is 1.74 bits per heavy atom. The van der Waals surface area contributed by atoms with Gasteiger partial charge in [0.1, 0.15) is 5.54 Å². The second-order valence-corrected chi connectivity index (χ2v) is 8.97. The predicted molar refractivity (Wildman–Crippen MR) is 109 cm³/mol. The van der Waals surface area contributed by atoms with E-state index < -0.39 is 5.60 Å². The molecule has 1 spiro atoms. The summed E-state index contributed by atoms with van der Waals surface area (Å²) < 4.78 is 0. The van der Waals surface area contributed by atoms with E-state index in [0.29, 0.717) is 0 Å². The molecule has 0 atom stereocenters. The van der Waals surface area contributed by atoms with Gasteiger partial charge >= 0.3 is 0 Å². The van der Waals surface area contributed by atoms with E-state index in [1.54, 1.807) is 0 Å². The number of nitrogens with one attached hydrogen (secondary N) is 1. The van der Waals surface area contributed by atoms with Crippen molar-refractivity contribution >= 4 is 5.91 Å². The fourth-order valence-electron chi connectivity index (χ4n) is 4.28. The molecular formula is C22H35N3O2. The largest absolute Gasteiger partial charge is 0.390 e. The lowest BCUT2D eigenvalue weighted by Crippen LogP contribution is -2.60. The van der Waals surface area contributed by atoms with Crippen molar-refractivity contribution in [2.75, 3.05) is 33.2 Å². The fourth-order valence-corrected chi connectivity index (χ4v) is 4.28. The summed E-state index contributed by atoms with van der Waals surface area (Å²) in [5.74, 6) is 0.221. The number of hydrogen-bond donors (Lipinski definition) is 2. The molecule has 0 aliphatic carbocycles. The van der Waals surface area contributed by atoms with E-state index in [9.17, 15) is 9.90 Å². The number of likely N-dealkylation sites (N-methyl/N-ethyl adjacent to an activating group) is 1. The third-order valence-corrected chi connectivity index (χ3v) is 6.25. The van der Waals surface area contributed by atoms with Crippen LogP contribution in [0.3, 0.4) is 0 Å². The highest BCUT2D eigenvalue weighted by atomic mass is 16.3. The van der Waals surface area contributed by atoms with Crippen LogP contribution in [0.4, 0.5) is 0 Å². The molecule has 27 heavy (non-hydrogen) atoms. The zero-order valence-electron chi connectivity index (χ0n) is 17.1. The van der Waals surface area contributed by atoms with Gasteiger partial charge < -0.3 is 10.4 Å². The average molecular weight is 374 g/mol. The maximum Gasteiger partial charge on any atom is 0.240 e. The summed E-state index contributed by atoms with van der Waals surface area (Å²) in [6, 6.07) is 8.77. The monoisotopic (exact) mass is 373 g/mol. The first-order valence-corrected chi connectivity index (χ1v) is 10.3. The lowest BCUT2D eigenvalue weighted by Gasteiger charge is -2.45. The molecule has 2 aliphatic rings. The standard InChI is InChI=1S/C22H35N3O2/c1-21(2,27)10-9-18-5-7-19(8-6-18)17-25-15-11-22(12-16-25)20(26)23-13-4-14-24(22)3/h5-8,27H,4,9-17H2,1-3H3,(H,23,26). The topological polar surface area (TPSA) is 55.8 Å². The maximum atomic E-state index is 12.6. The van der Waals surface area contributed by atoms with E-state index in [-0.39, 0.29) is 11.4 Å². The number of likely N-dealkylation sites (tertiary alicyclic amines) is 1. The van der Waals surface area contributed by atoms with Crippen LogP contribution >= 0.6 is 0 Å². The zero-order valence-corrected chi connectivity index (χ0v) is 17.1. The SMILES string of the molecule is CN1CCCNC(=O)C12CCN(Cc1ccc(CCC(C)(C)O)cc1)CC2. The molecule has 1 amide bonds. The van der Waals surface area contributed by atoms with Gasteiger partial charge in [-0.2, -0.15) is 0 Å². The molecule has 0 aromatic heterocycles. The summed E-state index contributed by atoms with van der Waals surface area (Å²) in [7, 11) is 2.10. The number of nitrogens with zero attached hydrogens (tertiary/aromatic N) is 2. The number of aliphatic hydroxyl groups is 1. The first kappa shape index (κ1) is 20.3. The Kier molecular flexibility index (Phi) is 6.24. The molecule has 2 N–H and O–H groups in total. The third-order valence-electron chi connectivity index (χ3n) is 6.25. The summed E-state index contributed by atoms with van der Waals surface area (Å²) in [4.78, 5) is 17.4. The van der Waals surface area contributed by atoms with E-state index in [1.165, 1.54) is 11.1 Å². The molecule has 0 saturated carbocycles. The highest BCUT2D eigenvalue weighted by molar-refractivity contribution is 5.86. The van der Waals surface area contributed by atoms with Crippen LogP contribution in [0.25, 0.3) is 0 Å². The van der Waals surface area contributed by atoms with Gasteiger partial charge in [0.2, 0.25) is 5.91 Å². The first-order valence-electron chi connectivity index (χ1n) is 10.3. The van der Waals surface area contributed by atoms with Crippen LogP contribution in [-0.2, 0) is 17.8 Å². The van der Waals surface area contributed by atoms with Crippen molar-refractivity contribution in [2.45, 2.75) is 63.6 Å². The van der Waals surface area contributed by atoms with Crippen LogP contribution in [0.2, 0.25) is 0 Å². The smallest absolute Gasteiger partial charge is 0.240 e. The number of carbonyl (C=O) groups excluding carboxylic acids is 1. The summed E-state index contributed by atoms with van der Waals surface area (Å²) in [5, 5.41) is 13.0. The van der Waals surface area contributed by atoms with E-state index in [1.807, 2.05) is 13.8 Å². The molecule has 0 radical (unpaired) electrons. The predicted octanol–water partition coefficient (Wildman–Crippen LogP) is 2.18. The van der Waals surface area contributed by atoms with Crippen LogP contribution in [0.5, 0.6) is 0 Å². The first-order chi connectivity index (χ1) is 12.8. The Morgan fingerprint density at radius 1 is 1.11 bits per heavy atom. The van der Waals surface area contributed by atoms with Crippen molar-refractivity contribution in [3.8, 4) is 0 Å². The highest BCUT2D eigenvalue weighted by Crippen LogP contribution is 2.30. The molecule has 1 aromatic carbocycles. The van der Waals surface area contributed by atoms with E-state index in [4.69, 9.17) is 0 Å². The lowest BCUT2D eigenvalue weighted by molar-refractivity contribution is -0.134. The minimum absolute atomic E-state index is 0.221. The number of amides is 1. The summed E-state index contributed by atoms with van der Waals surface area (Å²) in [5.41, 5.74) is 1.67. The molecule has 2 saturated heterocycles. The lowest BCUT2D eigenvalue weighted by atomic mass is 9.85. The quantitative estimate of drug-likeness (QED) is 0.831. The van der Waals surface area contributed by atoms with Crippen LogP contribution in [-0.4, -0.2) is 65.2 Å². The Hall–Kier alpha value is -1.43. The molecule has 2 aliphatic heterocycles. The van der Waals surface area contributed by atoms with E-state index >= 15 is 0 Å². The average Bonchev–Trinajstić information content (AvgIpc) is 2.76. The van der Waals surface area contributed by atoms with Gasteiger partial charge in [0.05, 0.1) is 5.60 Å². The molecule has 0 bridgehead atoms. The molecular weight excluding hydrogens is 338 g/mol. The van der Waals surface area contributed by atoms with Gasteiger partial charge in [-0.05, 0) is 64.1 Å². The fraction of sp³-hybridized carbons (Fsp3) is 0.682. The van der Waals surface area contributed by atoms with Gasteiger partial charge in [-0.15, -0.1) is 0 Å². The van der Waals surface area contributed by atoms with Gasteiger partial charge in [-0.1, -0.05) is 24.3 Å². The molecule has 1 aromatic rings. The van der Waals surface area contributed by atoms with E-state index in [0.717, 1.165) is 64.8 Å². The zero-order chi connectivity index (χ0) is 19.5. The van der Waals surface area contributed by atoms with Crippen molar-refractivity contribution in [1.29, 1.82) is 0 Å². The van der Waals surface area contributed by atoms with Crippen molar-refractivity contribution in [3.63, 3.8) is 0 Å². The molecule has 0 unspecified atom stereocenters. The minimum Gasteiger partial charge on any atom is -0.390 e. The Morgan fingerprint density at radius 3 is 2.37 bits per heavy atom. The maximum absolute atomic E-state index is 12.6. The van der Waals surface area contributed by atoms with Gasteiger partial charge in [0.25, 0.3) is 0 Å². The second-order valence-electron chi connectivity index (χ2n) is 8.97. The molecule has 5 nitrogen and oxygen atoms in total. The van der Waals surface area contributed by atoms with Gasteiger partial charge in [0.15, 0.2) is 0 Å². The Balaban J connectivity index is 1.54.